The van der Waals surface area contributed by atoms with Crippen molar-refractivity contribution in [3.63, 3.8) is 0 Å². The van der Waals surface area contributed by atoms with E-state index in [2.05, 4.69) is 5.32 Å². The van der Waals surface area contributed by atoms with Crippen LogP contribution in [0.3, 0.4) is 0 Å². The fraction of sp³-hybridized carbons (Fsp3) is 0.350. The third kappa shape index (κ3) is 4.09. The molecular weight excluding hydrogens is 322 g/mol. The molecule has 3 rings (SSSR count). The summed E-state index contributed by atoms with van der Waals surface area (Å²) in [6.45, 7) is 0.607. The van der Waals surface area contributed by atoms with Crippen LogP contribution in [-0.2, 0) is 11.2 Å². The minimum Gasteiger partial charge on any atom is -0.496 e. The zero-order valence-corrected chi connectivity index (χ0v) is 14.6. The van der Waals surface area contributed by atoms with Crippen molar-refractivity contribution in [2.75, 3.05) is 13.7 Å². The molecule has 0 bridgehead atoms. The second-order valence-corrected chi connectivity index (χ2v) is 6.66. The quantitative estimate of drug-likeness (QED) is 0.818. The van der Waals surface area contributed by atoms with Crippen LogP contribution in [0.15, 0.2) is 48.5 Å². The molecule has 1 aliphatic carbocycles. The number of hydrogen-bond donors (Lipinski definition) is 1. The van der Waals surface area contributed by atoms with Gasteiger partial charge in [0.15, 0.2) is 0 Å². The average molecular weight is 344 g/mol. The number of halogens is 1. The Morgan fingerprint density at radius 3 is 2.58 bits per heavy atom. The highest BCUT2D eigenvalue weighted by molar-refractivity contribution is 6.30. The van der Waals surface area contributed by atoms with E-state index in [4.69, 9.17) is 16.3 Å². The number of hydrogen-bond acceptors (Lipinski definition) is 2. The van der Waals surface area contributed by atoms with Crippen LogP contribution in [0.5, 0.6) is 5.75 Å². The van der Waals surface area contributed by atoms with Gasteiger partial charge in [0, 0.05) is 11.6 Å². The predicted octanol–water partition coefficient (Wildman–Crippen LogP) is 4.20. The molecule has 126 valence electrons. The molecule has 4 heteroatoms. The first-order valence-corrected chi connectivity index (χ1v) is 8.72. The van der Waals surface area contributed by atoms with Gasteiger partial charge >= 0.3 is 0 Å². The minimum atomic E-state index is -0.0695. The van der Waals surface area contributed by atoms with Crippen molar-refractivity contribution >= 4 is 17.5 Å². The summed E-state index contributed by atoms with van der Waals surface area (Å²) in [5, 5.41) is 3.79. The Hall–Kier alpha value is -2.00. The standard InChI is InChI=1S/C20H22ClNO2/c1-24-18-5-3-2-4-14(18)12-13-22-20(23)19(15-6-7-15)16-8-10-17(21)11-9-16/h2-5,8-11,15,19H,6-7,12-13H2,1H3,(H,22,23). The van der Waals surface area contributed by atoms with Crippen LogP contribution in [0.2, 0.25) is 5.02 Å². The smallest absolute Gasteiger partial charge is 0.227 e. The van der Waals surface area contributed by atoms with Crippen LogP contribution in [0.4, 0.5) is 0 Å². The van der Waals surface area contributed by atoms with Crippen LogP contribution in [0, 0.1) is 5.92 Å². The van der Waals surface area contributed by atoms with E-state index in [-0.39, 0.29) is 11.8 Å². The largest absolute Gasteiger partial charge is 0.496 e. The maximum atomic E-state index is 12.7. The summed E-state index contributed by atoms with van der Waals surface area (Å²) < 4.78 is 5.35. The number of amides is 1. The van der Waals surface area contributed by atoms with Gasteiger partial charge in [0.1, 0.15) is 5.75 Å². The molecule has 0 saturated heterocycles. The Morgan fingerprint density at radius 1 is 1.21 bits per heavy atom. The summed E-state index contributed by atoms with van der Waals surface area (Å²) in [7, 11) is 1.67. The molecule has 1 N–H and O–H groups in total. The SMILES string of the molecule is COc1ccccc1CCNC(=O)C(c1ccc(Cl)cc1)C1CC1. The molecule has 1 aliphatic rings. The number of para-hydroxylation sites is 1. The molecule has 24 heavy (non-hydrogen) atoms. The van der Waals surface area contributed by atoms with Crippen molar-refractivity contribution in [2.45, 2.75) is 25.2 Å². The van der Waals surface area contributed by atoms with Gasteiger partial charge in [-0.25, -0.2) is 0 Å². The highest BCUT2D eigenvalue weighted by Crippen LogP contribution is 2.42. The van der Waals surface area contributed by atoms with E-state index >= 15 is 0 Å². The number of nitrogens with one attached hydrogen (secondary N) is 1. The van der Waals surface area contributed by atoms with E-state index in [0.29, 0.717) is 17.5 Å². The molecule has 1 amide bonds. The molecule has 2 aromatic carbocycles. The summed E-state index contributed by atoms with van der Waals surface area (Å²) in [5.74, 6) is 1.36. The first-order chi connectivity index (χ1) is 11.7. The van der Waals surface area contributed by atoms with Crippen molar-refractivity contribution in [3.05, 3.63) is 64.7 Å². The lowest BCUT2D eigenvalue weighted by Gasteiger charge is -2.17. The van der Waals surface area contributed by atoms with Gasteiger partial charge in [-0.1, -0.05) is 41.9 Å². The number of carbonyl (C=O) groups excluding carboxylic acids is 1. The van der Waals surface area contributed by atoms with Crippen LogP contribution < -0.4 is 10.1 Å². The Balaban J connectivity index is 1.61. The molecule has 0 radical (unpaired) electrons. The molecule has 1 unspecified atom stereocenters. The van der Waals surface area contributed by atoms with E-state index < -0.39 is 0 Å². The van der Waals surface area contributed by atoms with E-state index in [9.17, 15) is 4.79 Å². The van der Waals surface area contributed by atoms with E-state index in [0.717, 1.165) is 36.1 Å². The summed E-state index contributed by atoms with van der Waals surface area (Å²) in [6.07, 6.45) is 2.99. The van der Waals surface area contributed by atoms with Gasteiger partial charge in [-0.05, 0) is 54.5 Å². The fourth-order valence-corrected chi connectivity index (χ4v) is 3.20. The topological polar surface area (TPSA) is 38.3 Å². The molecule has 2 aromatic rings. The van der Waals surface area contributed by atoms with Gasteiger partial charge in [-0.15, -0.1) is 0 Å². The lowest BCUT2D eigenvalue weighted by molar-refractivity contribution is -0.123. The van der Waals surface area contributed by atoms with E-state index in [1.165, 1.54) is 0 Å². The summed E-state index contributed by atoms with van der Waals surface area (Å²) >= 11 is 5.96. The molecule has 0 spiro atoms. The normalized spacial score (nSPS) is 14.9. The second-order valence-electron chi connectivity index (χ2n) is 6.22. The van der Waals surface area contributed by atoms with Crippen LogP contribution in [-0.4, -0.2) is 19.6 Å². The highest BCUT2D eigenvalue weighted by atomic mass is 35.5. The molecule has 0 heterocycles. The van der Waals surface area contributed by atoms with E-state index in [1.54, 1.807) is 7.11 Å². The molecule has 1 fully saturated rings. The van der Waals surface area contributed by atoms with Gasteiger partial charge in [-0.2, -0.15) is 0 Å². The Labute approximate surface area is 148 Å². The predicted molar refractivity (Wildman–Crippen MR) is 96.6 cm³/mol. The van der Waals surface area contributed by atoms with Crippen LogP contribution in [0.25, 0.3) is 0 Å². The summed E-state index contributed by atoms with van der Waals surface area (Å²) in [4.78, 5) is 12.7. The lowest BCUT2D eigenvalue weighted by atomic mass is 9.93. The van der Waals surface area contributed by atoms with Gasteiger partial charge in [0.25, 0.3) is 0 Å². The third-order valence-corrected chi connectivity index (χ3v) is 4.74. The van der Waals surface area contributed by atoms with Crippen molar-refractivity contribution in [1.29, 1.82) is 0 Å². The van der Waals surface area contributed by atoms with Gasteiger partial charge in [0.05, 0.1) is 13.0 Å². The first-order valence-electron chi connectivity index (χ1n) is 8.34. The average Bonchev–Trinajstić information content (AvgIpc) is 3.42. The molecule has 0 aromatic heterocycles. The molecule has 3 nitrogen and oxygen atoms in total. The van der Waals surface area contributed by atoms with Crippen molar-refractivity contribution in [3.8, 4) is 5.75 Å². The maximum absolute atomic E-state index is 12.7. The maximum Gasteiger partial charge on any atom is 0.227 e. The zero-order chi connectivity index (χ0) is 16.9. The third-order valence-electron chi connectivity index (χ3n) is 4.49. The number of methoxy groups -OCH3 is 1. The molecule has 1 atom stereocenters. The zero-order valence-electron chi connectivity index (χ0n) is 13.8. The number of rotatable bonds is 7. The van der Waals surface area contributed by atoms with Crippen LogP contribution >= 0.6 is 11.6 Å². The fourth-order valence-electron chi connectivity index (χ4n) is 3.08. The number of benzene rings is 2. The second kappa shape index (κ2) is 7.71. The highest BCUT2D eigenvalue weighted by Gasteiger charge is 2.37. The van der Waals surface area contributed by atoms with Crippen molar-refractivity contribution in [1.82, 2.24) is 5.32 Å². The molecule has 1 saturated carbocycles. The van der Waals surface area contributed by atoms with Crippen molar-refractivity contribution in [2.24, 2.45) is 5.92 Å². The number of carbonyl (C=O) groups is 1. The van der Waals surface area contributed by atoms with Gasteiger partial charge in [0.2, 0.25) is 5.91 Å². The first kappa shape index (κ1) is 16.8. The van der Waals surface area contributed by atoms with E-state index in [1.807, 2.05) is 48.5 Å². The Bertz CT molecular complexity index is 695. The van der Waals surface area contributed by atoms with Crippen molar-refractivity contribution < 1.29 is 9.53 Å². The van der Waals surface area contributed by atoms with Crippen LogP contribution in [0.1, 0.15) is 29.9 Å². The Morgan fingerprint density at radius 2 is 1.92 bits per heavy atom. The Kier molecular flexibility index (Phi) is 5.41. The lowest BCUT2D eigenvalue weighted by Crippen LogP contribution is -2.32. The minimum absolute atomic E-state index is 0.0695. The van der Waals surface area contributed by atoms with Gasteiger partial charge in [-0.3, -0.25) is 4.79 Å². The molecular formula is C20H22ClNO2. The summed E-state index contributed by atoms with van der Waals surface area (Å²) in [5.41, 5.74) is 2.16. The van der Waals surface area contributed by atoms with Gasteiger partial charge < -0.3 is 10.1 Å². The monoisotopic (exact) mass is 343 g/mol. The molecule has 0 aliphatic heterocycles. The number of ether oxygens (including phenoxy) is 1. The summed E-state index contributed by atoms with van der Waals surface area (Å²) in [6, 6.07) is 15.5.